The standard InChI is InChI=1S/C21H21ClN10O2S/c22-15-13(1-4-24-17(15)23)35-14-10-26-19(31-8-5-25-18(14)31)30-6-2-21(3-7-30)11-32-12(9-27-29-32)16(21)28-20(33)34/h1,4-5,8-10,16,28H,2-3,6-7,11H2,(H2,23,24)(H,33,34)/t16-/m1/s1. The van der Waals surface area contributed by atoms with Crippen LogP contribution in [0.25, 0.3) is 5.65 Å². The summed E-state index contributed by atoms with van der Waals surface area (Å²) in [5.74, 6) is 1.07. The van der Waals surface area contributed by atoms with Gasteiger partial charge in [-0.3, -0.25) is 4.40 Å². The highest BCUT2D eigenvalue weighted by Crippen LogP contribution is 2.49. The zero-order valence-corrected chi connectivity index (χ0v) is 19.9. The molecule has 1 atom stereocenters. The van der Waals surface area contributed by atoms with Gasteiger partial charge >= 0.3 is 6.09 Å². The highest BCUT2D eigenvalue weighted by atomic mass is 35.5. The number of pyridine rings is 1. The lowest BCUT2D eigenvalue weighted by atomic mass is 9.73. The van der Waals surface area contributed by atoms with E-state index in [-0.39, 0.29) is 17.3 Å². The van der Waals surface area contributed by atoms with Crippen LogP contribution < -0.4 is 16.0 Å². The van der Waals surface area contributed by atoms with E-state index in [0.717, 1.165) is 53.0 Å². The normalized spacial score (nSPS) is 18.8. The third kappa shape index (κ3) is 3.62. The highest BCUT2D eigenvalue weighted by molar-refractivity contribution is 7.99. The first-order valence-electron chi connectivity index (χ1n) is 11.0. The number of nitrogen functional groups attached to an aromatic ring is 1. The van der Waals surface area contributed by atoms with Gasteiger partial charge in [-0.2, -0.15) is 0 Å². The average molecular weight is 513 g/mol. The second kappa shape index (κ2) is 8.27. The number of hydrogen-bond donors (Lipinski definition) is 3. The van der Waals surface area contributed by atoms with Crippen molar-refractivity contribution >= 4 is 46.9 Å². The number of imidazole rings is 1. The fraction of sp³-hybridized carbons (Fsp3) is 0.333. The molecule has 35 heavy (non-hydrogen) atoms. The SMILES string of the molecule is Nc1nccc(Sc2cnc(N3CCC4(CC3)Cn3nncc3[C@H]4NC(=O)O)n3ccnc23)c1Cl. The number of rotatable bonds is 4. The van der Waals surface area contributed by atoms with Crippen molar-refractivity contribution < 1.29 is 9.90 Å². The molecule has 180 valence electrons. The minimum Gasteiger partial charge on any atom is -0.465 e. The van der Waals surface area contributed by atoms with Crippen molar-refractivity contribution in [2.24, 2.45) is 5.41 Å². The number of nitrogens with two attached hydrogens (primary N) is 1. The van der Waals surface area contributed by atoms with Gasteiger partial charge in [-0.15, -0.1) is 5.10 Å². The summed E-state index contributed by atoms with van der Waals surface area (Å²) >= 11 is 7.77. The van der Waals surface area contributed by atoms with Crippen molar-refractivity contribution in [1.29, 1.82) is 0 Å². The zero-order chi connectivity index (χ0) is 24.2. The lowest BCUT2D eigenvalue weighted by Crippen LogP contribution is -2.47. The van der Waals surface area contributed by atoms with Gasteiger partial charge in [0.25, 0.3) is 0 Å². The van der Waals surface area contributed by atoms with Crippen LogP contribution in [0.1, 0.15) is 24.6 Å². The Morgan fingerprint density at radius 3 is 2.83 bits per heavy atom. The summed E-state index contributed by atoms with van der Waals surface area (Å²) in [6, 6.07) is 1.47. The molecule has 12 nitrogen and oxygen atoms in total. The molecule has 0 saturated carbocycles. The van der Waals surface area contributed by atoms with Crippen molar-refractivity contribution in [1.82, 2.24) is 39.7 Å². The molecule has 1 fully saturated rings. The molecule has 0 radical (unpaired) electrons. The van der Waals surface area contributed by atoms with Crippen LogP contribution >= 0.6 is 23.4 Å². The first kappa shape index (κ1) is 21.9. The third-order valence-electron chi connectivity index (χ3n) is 6.80. The molecule has 1 saturated heterocycles. The molecule has 1 amide bonds. The molecule has 4 aromatic rings. The van der Waals surface area contributed by atoms with Gasteiger partial charge in [0.1, 0.15) is 5.82 Å². The van der Waals surface area contributed by atoms with Crippen molar-refractivity contribution in [3.8, 4) is 0 Å². The average Bonchev–Trinajstić information content (AvgIpc) is 3.56. The molecule has 0 unspecified atom stereocenters. The van der Waals surface area contributed by atoms with Gasteiger partial charge < -0.3 is 21.1 Å². The number of aromatic nitrogens is 7. The Morgan fingerprint density at radius 2 is 2.03 bits per heavy atom. The van der Waals surface area contributed by atoms with E-state index >= 15 is 0 Å². The topological polar surface area (TPSA) is 152 Å². The number of amides is 1. The summed E-state index contributed by atoms with van der Waals surface area (Å²) in [6.07, 6.45) is 9.22. The largest absolute Gasteiger partial charge is 0.465 e. The molecule has 4 aromatic heterocycles. The van der Waals surface area contributed by atoms with Crippen molar-refractivity contribution in [3.63, 3.8) is 0 Å². The monoisotopic (exact) mass is 512 g/mol. The molecule has 0 aliphatic carbocycles. The summed E-state index contributed by atoms with van der Waals surface area (Å²) in [5, 5.41) is 20.6. The van der Waals surface area contributed by atoms with Gasteiger partial charge in [0.05, 0.1) is 34.4 Å². The Kier molecular flexibility index (Phi) is 5.18. The van der Waals surface area contributed by atoms with Gasteiger partial charge in [-0.25, -0.2) is 24.4 Å². The first-order chi connectivity index (χ1) is 16.9. The smallest absolute Gasteiger partial charge is 0.405 e. The van der Waals surface area contributed by atoms with Crippen LogP contribution in [-0.2, 0) is 6.54 Å². The summed E-state index contributed by atoms with van der Waals surface area (Å²) < 4.78 is 3.78. The predicted octanol–water partition coefficient (Wildman–Crippen LogP) is 2.71. The Balaban J connectivity index is 1.25. The maximum absolute atomic E-state index is 11.5. The number of fused-ring (bicyclic) bond motifs is 2. The Hall–Kier alpha value is -3.58. The fourth-order valence-electron chi connectivity index (χ4n) is 5.09. The van der Waals surface area contributed by atoms with Crippen LogP contribution in [-0.4, -0.2) is 58.6 Å². The number of piperidine rings is 1. The number of anilines is 2. The molecule has 2 aliphatic rings. The highest BCUT2D eigenvalue weighted by Gasteiger charge is 2.50. The van der Waals surface area contributed by atoms with Crippen molar-refractivity contribution in [3.05, 3.63) is 47.8 Å². The van der Waals surface area contributed by atoms with E-state index in [1.54, 1.807) is 24.8 Å². The summed E-state index contributed by atoms with van der Waals surface area (Å²) in [5.41, 5.74) is 7.18. The van der Waals surface area contributed by atoms with E-state index in [4.69, 9.17) is 22.3 Å². The lowest BCUT2D eigenvalue weighted by Gasteiger charge is -2.42. The number of nitrogens with zero attached hydrogens (tertiary/aromatic N) is 8. The van der Waals surface area contributed by atoms with Gasteiger partial charge in [-0.1, -0.05) is 28.6 Å². The molecular weight excluding hydrogens is 492 g/mol. The van der Waals surface area contributed by atoms with Gasteiger partial charge in [0, 0.05) is 48.2 Å². The number of carboxylic acid groups (broad SMARTS) is 1. The maximum Gasteiger partial charge on any atom is 0.405 e. The second-order valence-corrected chi connectivity index (χ2v) is 10.2. The van der Waals surface area contributed by atoms with Gasteiger partial charge in [0.2, 0.25) is 5.95 Å². The minimum absolute atomic E-state index is 0.248. The van der Waals surface area contributed by atoms with Crippen LogP contribution in [0.4, 0.5) is 16.6 Å². The predicted molar refractivity (Wildman–Crippen MR) is 129 cm³/mol. The van der Waals surface area contributed by atoms with Crippen LogP contribution in [0.5, 0.6) is 0 Å². The Morgan fingerprint density at radius 1 is 1.20 bits per heavy atom. The molecular formula is C21H21ClN10O2S. The molecule has 2 aliphatic heterocycles. The van der Waals surface area contributed by atoms with Crippen LogP contribution in [0.2, 0.25) is 5.02 Å². The first-order valence-corrected chi connectivity index (χ1v) is 12.2. The van der Waals surface area contributed by atoms with E-state index < -0.39 is 6.09 Å². The van der Waals surface area contributed by atoms with E-state index in [9.17, 15) is 9.90 Å². The molecule has 0 aromatic carbocycles. The van der Waals surface area contributed by atoms with Crippen LogP contribution in [0.15, 0.2) is 46.8 Å². The second-order valence-electron chi connectivity index (χ2n) is 8.70. The van der Waals surface area contributed by atoms with E-state index in [1.807, 2.05) is 21.3 Å². The third-order valence-corrected chi connectivity index (χ3v) is 8.38. The molecule has 4 N–H and O–H groups in total. The van der Waals surface area contributed by atoms with Gasteiger partial charge in [0.15, 0.2) is 5.65 Å². The van der Waals surface area contributed by atoms with E-state index in [1.165, 1.54) is 11.8 Å². The summed E-state index contributed by atoms with van der Waals surface area (Å²) in [6.45, 7) is 2.07. The molecule has 1 spiro atoms. The van der Waals surface area contributed by atoms with Crippen molar-refractivity contribution in [2.45, 2.75) is 35.2 Å². The van der Waals surface area contributed by atoms with E-state index in [2.05, 4.69) is 30.5 Å². The maximum atomic E-state index is 11.5. The number of nitrogens with one attached hydrogen (secondary N) is 1. The quantitative estimate of drug-likeness (QED) is 0.372. The van der Waals surface area contributed by atoms with E-state index in [0.29, 0.717) is 11.6 Å². The number of hydrogen-bond acceptors (Lipinski definition) is 9. The summed E-state index contributed by atoms with van der Waals surface area (Å²) in [7, 11) is 0. The zero-order valence-electron chi connectivity index (χ0n) is 18.4. The Bertz CT molecular complexity index is 1430. The lowest BCUT2D eigenvalue weighted by molar-refractivity contribution is 0.132. The van der Waals surface area contributed by atoms with Crippen molar-refractivity contribution in [2.75, 3.05) is 23.7 Å². The molecule has 6 heterocycles. The number of carbonyl (C=O) groups is 1. The Labute approximate surface area is 208 Å². The van der Waals surface area contributed by atoms with Crippen LogP contribution in [0, 0.1) is 5.41 Å². The summed E-state index contributed by atoms with van der Waals surface area (Å²) in [4.78, 5) is 28.7. The van der Waals surface area contributed by atoms with Gasteiger partial charge in [-0.05, 0) is 18.9 Å². The number of halogens is 1. The molecule has 6 rings (SSSR count). The molecule has 14 heteroatoms. The van der Waals surface area contributed by atoms with Crippen LogP contribution in [0.3, 0.4) is 0 Å². The molecule has 0 bridgehead atoms. The minimum atomic E-state index is -1.04. The fourth-order valence-corrected chi connectivity index (χ4v) is 6.23.